The van der Waals surface area contributed by atoms with E-state index in [1.54, 1.807) is 6.92 Å². The number of ether oxygens (including phenoxy) is 3. The van der Waals surface area contributed by atoms with Crippen LogP contribution in [0.15, 0.2) is 12.4 Å². The topological polar surface area (TPSA) is 70.5 Å². The van der Waals surface area contributed by atoms with Gasteiger partial charge in [0.1, 0.15) is 0 Å². The molecule has 0 saturated heterocycles. The number of hydrogen-bond acceptors (Lipinski definition) is 6. The van der Waals surface area contributed by atoms with Crippen LogP contribution in [0.5, 0.6) is 11.8 Å². The molecule has 84 valence electrons. The summed E-state index contributed by atoms with van der Waals surface area (Å²) in [6, 6.07) is 0. The molecule has 0 aliphatic carbocycles. The number of rotatable bonds is 4. The second-order valence-electron chi connectivity index (χ2n) is 2.16. The number of carbonyl (C=O) groups is 1. The number of carbonyl (C=O) groups excluding carboxylic acids is 1. The second kappa shape index (κ2) is 8.74. The van der Waals surface area contributed by atoms with Crippen molar-refractivity contribution in [3.63, 3.8) is 0 Å². The van der Waals surface area contributed by atoms with E-state index in [2.05, 4.69) is 14.7 Å². The Morgan fingerprint density at radius 2 is 1.80 bits per heavy atom. The maximum atomic E-state index is 9.18. The molecule has 1 aromatic heterocycles. The Labute approximate surface area is 88.2 Å². The molecule has 0 aliphatic rings. The molecule has 0 spiro atoms. The highest BCUT2D eigenvalue weighted by molar-refractivity contribution is 5.36. The first-order valence-corrected chi connectivity index (χ1v) is 4.23. The molecule has 0 atom stereocenters. The highest BCUT2D eigenvalue weighted by Crippen LogP contribution is 2.08. The molecule has 0 radical (unpaired) electrons. The average molecular weight is 214 g/mol. The molecule has 0 N–H and O–H groups in total. The third-order valence-corrected chi connectivity index (χ3v) is 1.24. The number of aromatic nitrogens is 2. The smallest absolute Gasteiger partial charge is 0.293 e. The van der Waals surface area contributed by atoms with Crippen molar-refractivity contribution in [2.24, 2.45) is 0 Å². The van der Waals surface area contributed by atoms with Crippen molar-refractivity contribution in [2.75, 3.05) is 20.8 Å². The minimum atomic E-state index is 0.431. The molecular weight excluding hydrogens is 200 g/mol. The van der Waals surface area contributed by atoms with Crippen LogP contribution >= 0.6 is 0 Å². The monoisotopic (exact) mass is 214 g/mol. The van der Waals surface area contributed by atoms with Crippen molar-refractivity contribution in [3.8, 4) is 11.8 Å². The lowest BCUT2D eigenvalue weighted by Crippen LogP contribution is -1.92. The van der Waals surface area contributed by atoms with Gasteiger partial charge in [0.05, 0.1) is 33.2 Å². The predicted molar refractivity (Wildman–Crippen MR) is 52.8 cm³/mol. The maximum absolute atomic E-state index is 9.18. The first kappa shape index (κ1) is 13.2. The lowest BCUT2D eigenvalue weighted by molar-refractivity contribution is -0.128. The summed E-state index contributed by atoms with van der Waals surface area (Å²) >= 11 is 0. The van der Waals surface area contributed by atoms with E-state index in [1.165, 1.54) is 26.6 Å². The van der Waals surface area contributed by atoms with Gasteiger partial charge in [0.15, 0.2) is 0 Å². The highest BCUT2D eigenvalue weighted by atomic mass is 16.5. The second-order valence-corrected chi connectivity index (χ2v) is 2.16. The molecular formula is C9H14N2O4. The zero-order valence-corrected chi connectivity index (χ0v) is 8.97. The Bertz CT molecular complexity index is 261. The van der Waals surface area contributed by atoms with Gasteiger partial charge < -0.3 is 14.2 Å². The van der Waals surface area contributed by atoms with Crippen LogP contribution in [0, 0.1) is 0 Å². The normalized spacial score (nSPS) is 8.20. The molecule has 6 heteroatoms. The lowest BCUT2D eigenvalue weighted by Gasteiger charge is -1.99. The SMILES string of the molecule is CCOC=O.COc1cncc(OC)n1. The van der Waals surface area contributed by atoms with Gasteiger partial charge in [0, 0.05) is 0 Å². The standard InChI is InChI=1S/C6H8N2O2.C3H6O2/c1-9-5-3-7-4-6(8-5)10-2;1-2-5-3-4/h3-4H,1-2H3;3H,2H2,1H3. The fourth-order valence-corrected chi connectivity index (χ4v) is 0.596. The summed E-state index contributed by atoms with van der Waals surface area (Å²) in [4.78, 5) is 16.9. The zero-order chi connectivity index (χ0) is 11.5. The van der Waals surface area contributed by atoms with Crippen molar-refractivity contribution < 1.29 is 19.0 Å². The number of nitrogens with zero attached hydrogens (tertiary/aromatic N) is 2. The van der Waals surface area contributed by atoms with Gasteiger partial charge >= 0.3 is 0 Å². The summed E-state index contributed by atoms with van der Waals surface area (Å²) in [6.45, 7) is 2.66. The third kappa shape index (κ3) is 6.25. The van der Waals surface area contributed by atoms with Crippen molar-refractivity contribution in [2.45, 2.75) is 6.92 Å². The third-order valence-electron chi connectivity index (χ3n) is 1.24. The lowest BCUT2D eigenvalue weighted by atomic mass is 10.7. The summed E-state index contributed by atoms with van der Waals surface area (Å²) < 4.78 is 13.8. The molecule has 15 heavy (non-hydrogen) atoms. The number of hydrogen-bond donors (Lipinski definition) is 0. The van der Waals surface area contributed by atoms with Crippen LogP contribution in [0.1, 0.15) is 6.92 Å². The van der Waals surface area contributed by atoms with Gasteiger partial charge in [-0.2, -0.15) is 4.98 Å². The summed E-state index contributed by atoms with van der Waals surface area (Å²) in [5.74, 6) is 0.915. The van der Waals surface area contributed by atoms with Gasteiger partial charge in [0.2, 0.25) is 11.8 Å². The average Bonchev–Trinajstić information content (AvgIpc) is 2.31. The molecule has 0 unspecified atom stereocenters. The number of methoxy groups -OCH3 is 2. The van der Waals surface area contributed by atoms with Crippen molar-refractivity contribution in [1.82, 2.24) is 9.97 Å². The van der Waals surface area contributed by atoms with E-state index in [4.69, 9.17) is 9.47 Å². The Kier molecular flexibility index (Phi) is 7.66. The molecule has 0 amide bonds. The van der Waals surface area contributed by atoms with Crippen LogP contribution in [0.2, 0.25) is 0 Å². The maximum Gasteiger partial charge on any atom is 0.293 e. The van der Waals surface area contributed by atoms with Crippen LogP contribution in [0.3, 0.4) is 0 Å². The van der Waals surface area contributed by atoms with Crippen LogP contribution in [0.4, 0.5) is 0 Å². The summed E-state index contributed by atoms with van der Waals surface area (Å²) in [7, 11) is 3.06. The van der Waals surface area contributed by atoms with E-state index >= 15 is 0 Å². The Hall–Kier alpha value is -1.85. The van der Waals surface area contributed by atoms with Crippen LogP contribution < -0.4 is 9.47 Å². The summed E-state index contributed by atoms with van der Waals surface area (Å²) in [5.41, 5.74) is 0. The summed E-state index contributed by atoms with van der Waals surface area (Å²) in [5, 5.41) is 0. The van der Waals surface area contributed by atoms with Crippen molar-refractivity contribution in [1.29, 1.82) is 0 Å². The Morgan fingerprint density at radius 3 is 2.07 bits per heavy atom. The van der Waals surface area contributed by atoms with Crippen molar-refractivity contribution in [3.05, 3.63) is 12.4 Å². The highest BCUT2D eigenvalue weighted by Gasteiger charge is 1.94. The van der Waals surface area contributed by atoms with Gasteiger partial charge in [-0.3, -0.25) is 9.78 Å². The summed E-state index contributed by atoms with van der Waals surface area (Å²) in [6.07, 6.45) is 3.03. The molecule has 0 aromatic carbocycles. The van der Waals surface area contributed by atoms with Gasteiger partial charge in [0.25, 0.3) is 6.47 Å². The van der Waals surface area contributed by atoms with E-state index in [1.807, 2.05) is 0 Å². The van der Waals surface area contributed by atoms with E-state index in [-0.39, 0.29) is 0 Å². The van der Waals surface area contributed by atoms with E-state index in [0.717, 1.165) is 0 Å². The molecule has 1 rings (SSSR count). The molecule has 0 aliphatic heterocycles. The van der Waals surface area contributed by atoms with Gasteiger partial charge in [-0.15, -0.1) is 0 Å². The van der Waals surface area contributed by atoms with Gasteiger partial charge in [-0.25, -0.2) is 0 Å². The predicted octanol–water partition coefficient (Wildman–Crippen LogP) is 0.673. The molecule has 1 aromatic rings. The molecule has 0 saturated carbocycles. The van der Waals surface area contributed by atoms with E-state index < -0.39 is 0 Å². The van der Waals surface area contributed by atoms with E-state index in [0.29, 0.717) is 24.8 Å². The van der Waals surface area contributed by atoms with Gasteiger partial charge in [-0.1, -0.05) is 0 Å². The van der Waals surface area contributed by atoms with Crippen LogP contribution in [-0.4, -0.2) is 37.3 Å². The molecule has 0 bridgehead atoms. The quantitative estimate of drug-likeness (QED) is 0.686. The van der Waals surface area contributed by atoms with Crippen LogP contribution in [0.25, 0.3) is 0 Å². The minimum absolute atomic E-state index is 0.431. The first-order chi connectivity index (χ1) is 7.28. The molecule has 0 fully saturated rings. The minimum Gasteiger partial charge on any atom is -0.480 e. The zero-order valence-electron chi connectivity index (χ0n) is 8.97. The van der Waals surface area contributed by atoms with E-state index in [9.17, 15) is 4.79 Å². The fraction of sp³-hybridized carbons (Fsp3) is 0.444. The fourth-order valence-electron chi connectivity index (χ4n) is 0.596. The van der Waals surface area contributed by atoms with Crippen molar-refractivity contribution >= 4 is 6.47 Å². The first-order valence-electron chi connectivity index (χ1n) is 4.23. The largest absolute Gasteiger partial charge is 0.480 e. The van der Waals surface area contributed by atoms with Crippen LogP contribution in [-0.2, 0) is 9.53 Å². The Balaban J connectivity index is 0.000000336. The molecule has 1 heterocycles. The Morgan fingerprint density at radius 1 is 1.27 bits per heavy atom. The van der Waals surface area contributed by atoms with Gasteiger partial charge in [-0.05, 0) is 6.92 Å². The molecule has 6 nitrogen and oxygen atoms in total.